The molecule has 6 heteroatoms. The lowest BCUT2D eigenvalue weighted by atomic mass is 9.92. The summed E-state index contributed by atoms with van der Waals surface area (Å²) in [5.74, 6) is -1.05. The van der Waals surface area contributed by atoms with Crippen LogP contribution in [0.2, 0.25) is 0 Å². The summed E-state index contributed by atoms with van der Waals surface area (Å²) in [6, 6.07) is 0. The maximum Gasteiger partial charge on any atom is 0.326 e. The van der Waals surface area contributed by atoms with Crippen LogP contribution in [0.15, 0.2) is 0 Å². The summed E-state index contributed by atoms with van der Waals surface area (Å²) in [5, 5.41) is 8.39. The highest BCUT2D eigenvalue weighted by atomic mass is 31.2. The van der Waals surface area contributed by atoms with Gasteiger partial charge in [-0.05, 0) is 5.41 Å². The average molecular weight is 254 g/mol. The van der Waals surface area contributed by atoms with Crippen molar-refractivity contribution in [2.24, 2.45) is 5.41 Å². The summed E-state index contributed by atoms with van der Waals surface area (Å²) >= 11 is 0. The summed E-state index contributed by atoms with van der Waals surface area (Å²) < 4.78 is 10.5. The Hall–Kier alpha value is -0.380. The highest BCUT2D eigenvalue weighted by molar-refractivity contribution is 7.51. The zero-order valence-electron chi connectivity index (χ0n) is 10.4. The van der Waals surface area contributed by atoms with E-state index >= 15 is 0 Å². The van der Waals surface area contributed by atoms with Gasteiger partial charge in [0.1, 0.15) is 0 Å². The van der Waals surface area contributed by atoms with Crippen molar-refractivity contribution < 1.29 is 24.3 Å². The minimum atomic E-state index is -4.11. The first-order valence-electron chi connectivity index (χ1n) is 5.30. The van der Waals surface area contributed by atoms with Crippen LogP contribution in [0.25, 0.3) is 0 Å². The molecule has 0 aliphatic carbocycles. The van der Waals surface area contributed by atoms with Crippen LogP contribution in [0.5, 0.6) is 0 Å². The van der Waals surface area contributed by atoms with Crippen molar-refractivity contribution >= 4 is 13.6 Å². The Balaban J connectivity index is 0. The molecule has 0 aliphatic heterocycles. The topological polar surface area (TPSA) is 94.8 Å². The number of carboxylic acids is 1. The van der Waals surface area contributed by atoms with E-state index in [2.05, 4.69) is 13.8 Å². The summed E-state index contributed by atoms with van der Waals surface area (Å²) in [6.45, 7) is 7.39. The van der Waals surface area contributed by atoms with Gasteiger partial charge in [0.15, 0.2) is 0 Å². The van der Waals surface area contributed by atoms with Crippen LogP contribution in [0.3, 0.4) is 0 Å². The first-order valence-corrected chi connectivity index (χ1v) is 7.10. The first-order chi connectivity index (χ1) is 7.04. The molecule has 0 aromatic rings. The number of hydrogen-bond donors (Lipinski definition) is 3. The lowest BCUT2D eigenvalue weighted by Crippen LogP contribution is -2.21. The fourth-order valence-corrected chi connectivity index (χ4v) is 2.25. The van der Waals surface area contributed by atoms with Gasteiger partial charge >= 0.3 is 13.6 Å². The molecule has 0 bridgehead atoms. The van der Waals surface area contributed by atoms with E-state index in [1.54, 1.807) is 0 Å². The highest BCUT2D eigenvalue weighted by Crippen LogP contribution is 2.42. The fraction of sp³-hybridized carbons (Fsp3) is 0.900. The van der Waals surface area contributed by atoms with Crippen LogP contribution in [0.4, 0.5) is 0 Å². The molecule has 0 aromatic carbocycles. The average Bonchev–Trinajstić information content (AvgIpc) is 1.97. The molecule has 0 atom stereocenters. The lowest BCUT2D eigenvalue weighted by Gasteiger charge is -2.22. The lowest BCUT2D eigenvalue weighted by molar-refractivity contribution is -0.138. The molecule has 98 valence electrons. The smallest absolute Gasteiger partial charge is 0.326 e. The minimum absolute atomic E-state index is 0.238. The number of carbonyl (C=O) groups is 1. The van der Waals surface area contributed by atoms with Crippen molar-refractivity contribution in [1.29, 1.82) is 0 Å². The van der Waals surface area contributed by atoms with Crippen LogP contribution >= 0.6 is 7.60 Å². The quantitative estimate of drug-likeness (QED) is 0.655. The third kappa shape index (κ3) is 16.1. The summed E-state index contributed by atoms with van der Waals surface area (Å²) in [4.78, 5) is 27.4. The van der Waals surface area contributed by atoms with Crippen molar-refractivity contribution in [3.63, 3.8) is 0 Å². The fourth-order valence-electron chi connectivity index (χ4n) is 1.02. The third-order valence-corrected chi connectivity index (χ3v) is 3.03. The number of unbranched alkanes of at least 4 members (excludes halogenated alkanes) is 1. The van der Waals surface area contributed by atoms with Gasteiger partial charge < -0.3 is 14.9 Å². The number of rotatable bonds is 5. The molecule has 0 rings (SSSR count). The van der Waals surface area contributed by atoms with E-state index in [0.717, 1.165) is 0 Å². The van der Waals surface area contributed by atoms with Gasteiger partial charge in [-0.2, -0.15) is 0 Å². The largest absolute Gasteiger partial charge is 0.481 e. The van der Waals surface area contributed by atoms with Crippen molar-refractivity contribution in [2.75, 3.05) is 6.16 Å². The van der Waals surface area contributed by atoms with Gasteiger partial charge in [0.2, 0.25) is 0 Å². The van der Waals surface area contributed by atoms with Gasteiger partial charge in [0.25, 0.3) is 0 Å². The molecular weight excluding hydrogens is 231 g/mol. The zero-order chi connectivity index (χ0) is 13.4. The second kappa shape index (κ2) is 7.82. The molecule has 0 heterocycles. The Labute approximate surface area is 97.0 Å². The Morgan fingerprint density at radius 2 is 1.56 bits per heavy atom. The van der Waals surface area contributed by atoms with E-state index < -0.39 is 25.1 Å². The summed E-state index contributed by atoms with van der Waals surface area (Å²) in [5.41, 5.74) is -0.856. The van der Waals surface area contributed by atoms with Gasteiger partial charge in [-0.15, -0.1) is 0 Å². The van der Waals surface area contributed by atoms with Gasteiger partial charge in [-0.1, -0.05) is 40.5 Å². The summed E-state index contributed by atoms with van der Waals surface area (Å²) in [7, 11) is -4.11. The van der Waals surface area contributed by atoms with E-state index in [1.807, 2.05) is 0 Å². The molecule has 0 amide bonds. The van der Waals surface area contributed by atoms with Crippen molar-refractivity contribution in [2.45, 2.75) is 47.0 Å². The maximum atomic E-state index is 10.5. The second-order valence-electron chi connectivity index (χ2n) is 4.56. The zero-order valence-corrected chi connectivity index (χ0v) is 11.3. The molecule has 3 N–H and O–H groups in total. The summed E-state index contributed by atoms with van der Waals surface area (Å²) in [6.07, 6.45) is 2.00. The normalized spacial score (nSPS) is 11.6. The van der Waals surface area contributed by atoms with Gasteiger partial charge in [0.05, 0.1) is 12.6 Å². The number of carboxylic acid groups (broad SMARTS) is 1. The third-order valence-electron chi connectivity index (χ3n) is 1.76. The maximum absolute atomic E-state index is 10.5. The van der Waals surface area contributed by atoms with Crippen molar-refractivity contribution in [3.05, 3.63) is 0 Å². The molecule has 0 unspecified atom stereocenters. The molecule has 5 nitrogen and oxygen atoms in total. The van der Waals surface area contributed by atoms with Crippen LogP contribution < -0.4 is 0 Å². The Bertz CT molecular complexity index is 242. The Kier molecular flexibility index (Phi) is 8.80. The Morgan fingerprint density at radius 3 is 1.75 bits per heavy atom. The second-order valence-corrected chi connectivity index (χ2v) is 6.20. The van der Waals surface area contributed by atoms with Crippen LogP contribution in [0.1, 0.15) is 47.0 Å². The molecule has 16 heavy (non-hydrogen) atoms. The molecule has 0 aromatic heterocycles. The SMILES string of the molecule is CC(C)(CC(=O)O)CP(=O)(O)O.CCCC. The molecule has 0 saturated heterocycles. The van der Waals surface area contributed by atoms with E-state index in [-0.39, 0.29) is 6.42 Å². The van der Waals surface area contributed by atoms with Gasteiger partial charge in [-0.3, -0.25) is 9.36 Å². The monoisotopic (exact) mass is 254 g/mol. The van der Waals surface area contributed by atoms with Crippen molar-refractivity contribution in [3.8, 4) is 0 Å². The standard InChI is InChI=1S/C6H13O5P.C4H10/c1-6(2,3-5(7)8)4-12(9,10)11;1-3-4-2/h3-4H2,1-2H3,(H,7,8)(H2,9,10,11);3-4H2,1-2H3. The number of hydrogen-bond acceptors (Lipinski definition) is 2. The van der Waals surface area contributed by atoms with Crippen LogP contribution in [-0.2, 0) is 9.36 Å². The van der Waals surface area contributed by atoms with E-state index in [0.29, 0.717) is 0 Å². The molecule has 0 saturated carbocycles. The predicted molar refractivity (Wildman–Crippen MR) is 63.5 cm³/mol. The van der Waals surface area contributed by atoms with Gasteiger partial charge in [0, 0.05) is 0 Å². The number of aliphatic carboxylic acids is 1. The molecule has 0 aliphatic rings. The predicted octanol–water partition coefficient (Wildman–Crippen LogP) is 2.47. The molecular formula is C10H23O5P. The molecule has 0 spiro atoms. The minimum Gasteiger partial charge on any atom is -0.481 e. The first kappa shape index (κ1) is 18.0. The van der Waals surface area contributed by atoms with Crippen LogP contribution in [0, 0.1) is 5.41 Å². The van der Waals surface area contributed by atoms with Crippen LogP contribution in [-0.4, -0.2) is 27.0 Å². The Morgan fingerprint density at radius 1 is 1.19 bits per heavy atom. The van der Waals surface area contributed by atoms with E-state index in [4.69, 9.17) is 14.9 Å². The highest BCUT2D eigenvalue weighted by Gasteiger charge is 2.30. The van der Waals surface area contributed by atoms with Gasteiger partial charge in [-0.25, -0.2) is 0 Å². The van der Waals surface area contributed by atoms with E-state index in [9.17, 15) is 9.36 Å². The van der Waals surface area contributed by atoms with Crippen molar-refractivity contribution in [1.82, 2.24) is 0 Å². The molecule has 0 radical (unpaired) electrons. The van der Waals surface area contributed by atoms with E-state index in [1.165, 1.54) is 26.7 Å². The molecule has 0 fully saturated rings.